The van der Waals surface area contributed by atoms with Gasteiger partial charge in [0.1, 0.15) is 6.10 Å². The Kier molecular flexibility index (Phi) is 8.07. The van der Waals surface area contributed by atoms with Crippen LogP contribution in [0.2, 0.25) is 0 Å². The maximum atomic E-state index is 11.8. The Morgan fingerprint density at radius 3 is 2.70 bits per heavy atom. The van der Waals surface area contributed by atoms with Crippen LogP contribution in [0.4, 0.5) is 0 Å². The molecule has 1 fully saturated rings. The summed E-state index contributed by atoms with van der Waals surface area (Å²) in [4.78, 5) is 14.1. The zero-order chi connectivity index (χ0) is 16.3. The van der Waals surface area contributed by atoms with Gasteiger partial charge in [-0.2, -0.15) is 0 Å². The summed E-state index contributed by atoms with van der Waals surface area (Å²) >= 11 is 0. The van der Waals surface area contributed by atoms with Crippen molar-refractivity contribution in [1.29, 1.82) is 0 Å². The summed E-state index contributed by atoms with van der Waals surface area (Å²) in [5.74, 6) is -0.144. The largest absolute Gasteiger partial charge is 0.459 e. The third-order valence-electron chi connectivity index (χ3n) is 3.73. The van der Waals surface area contributed by atoms with Gasteiger partial charge in [0.2, 0.25) is 0 Å². The highest BCUT2D eigenvalue weighted by Gasteiger charge is 2.20. The van der Waals surface area contributed by atoms with Crippen molar-refractivity contribution in [2.24, 2.45) is 0 Å². The summed E-state index contributed by atoms with van der Waals surface area (Å²) in [7, 11) is 0. The van der Waals surface area contributed by atoms with E-state index in [9.17, 15) is 4.79 Å². The number of hydrogen-bond donors (Lipinski definition) is 0. The fourth-order valence-electron chi connectivity index (χ4n) is 2.53. The van der Waals surface area contributed by atoms with Crippen molar-refractivity contribution < 1.29 is 19.0 Å². The first kappa shape index (κ1) is 17.9. The molecule has 5 heteroatoms. The standard InChI is InChI=1S/C18H27NO4/c1-2-6-18(20)23-17(13-19-9-11-21-12-10-19)15-22-14-16-7-4-3-5-8-16/h3-5,7-8,17H,2,6,9-15H2,1H3/t17-/m0/s1. The molecule has 0 unspecified atom stereocenters. The molecule has 1 heterocycles. The van der Waals surface area contributed by atoms with E-state index < -0.39 is 0 Å². The van der Waals surface area contributed by atoms with E-state index in [4.69, 9.17) is 14.2 Å². The Labute approximate surface area is 138 Å². The lowest BCUT2D eigenvalue weighted by Crippen LogP contribution is -2.43. The lowest BCUT2D eigenvalue weighted by molar-refractivity contribution is -0.154. The van der Waals surface area contributed by atoms with Crippen molar-refractivity contribution in [3.8, 4) is 0 Å². The SMILES string of the molecule is CCCC(=O)O[C@H](COCc1ccccc1)CN1CCOCC1. The average molecular weight is 321 g/mol. The van der Waals surface area contributed by atoms with E-state index in [1.54, 1.807) is 0 Å². The van der Waals surface area contributed by atoms with Crippen molar-refractivity contribution in [1.82, 2.24) is 4.90 Å². The molecule has 1 aromatic carbocycles. The third-order valence-corrected chi connectivity index (χ3v) is 3.73. The molecule has 128 valence electrons. The van der Waals surface area contributed by atoms with Crippen LogP contribution in [-0.4, -0.2) is 56.4 Å². The molecule has 0 saturated carbocycles. The molecule has 1 aliphatic rings. The summed E-state index contributed by atoms with van der Waals surface area (Å²) in [5.41, 5.74) is 1.12. The highest BCUT2D eigenvalue weighted by Crippen LogP contribution is 2.07. The fourth-order valence-corrected chi connectivity index (χ4v) is 2.53. The molecule has 1 saturated heterocycles. The van der Waals surface area contributed by atoms with Gasteiger partial charge in [-0.25, -0.2) is 0 Å². The quantitative estimate of drug-likeness (QED) is 0.653. The van der Waals surface area contributed by atoms with E-state index in [0.717, 1.165) is 38.3 Å². The Balaban J connectivity index is 1.80. The predicted octanol–water partition coefficient (Wildman–Crippen LogP) is 2.25. The Bertz CT molecular complexity index is 446. The number of nitrogens with zero attached hydrogens (tertiary/aromatic N) is 1. The first-order valence-corrected chi connectivity index (χ1v) is 8.39. The molecule has 0 N–H and O–H groups in total. The molecule has 0 aliphatic carbocycles. The summed E-state index contributed by atoms with van der Waals surface area (Å²) < 4.78 is 16.7. The topological polar surface area (TPSA) is 48.0 Å². The molecular weight excluding hydrogens is 294 g/mol. The van der Waals surface area contributed by atoms with Crippen molar-refractivity contribution in [2.75, 3.05) is 39.5 Å². The number of hydrogen-bond acceptors (Lipinski definition) is 5. The van der Waals surface area contributed by atoms with Crippen LogP contribution in [0.25, 0.3) is 0 Å². The van der Waals surface area contributed by atoms with E-state index in [1.165, 1.54) is 0 Å². The lowest BCUT2D eigenvalue weighted by Gasteiger charge is -2.30. The van der Waals surface area contributed by atoms with Gasteiger partial charge in [-0.1, -0.05) is 37.3 Å². The second-order valence-corrected chi connectivity index (χ2v) is 5.78. The lowest BCUT2D eigenvalue weighted by atomic mass is 10.2. The third kappa shape index (κ3) is 7.12. The number of rotatable bonds is 9. The van der Waals surface area contributed by atoms with Gasteiger partial charge in [0.05, 0.1) is 26.4 Å². The minimum atomic E-state index is -0.226. The molecule has 23 heavy (non-hydrogen) atoms. The number of carbonyl (C=O) groups excluding carboxylic acids is 1. The minimum absolute atomic E-state index is 0.144. The first-order valence-electron chi connectivity index (χ1n) is 8.39. The summed E-state index contributed by atoms with van der Waals surface area (Å²) in [6.07, 6.45) is 1.03. The van der Waals surface area contributed by atoms with Gasteiger partial charge >= 0.3 is 5.97 Å². The van der Waals surface area contributed by atoms with E-state index in [-0.39, 0.29) is 12.1 Å². The number of morpholine rings is 1. The molecule has 1 atom stereocenters. The molecule has 0 amide bonds. The molecule has 0 spiro atoms. The smallest absolute Gasteiger partial charge is 0.306 e. The zero-order valence-electron chi connectivity index (χ0n) is 13.9. The number of esters is 1. The average Bonchev–Trinajstić information content (AvgIpc) is 2.57. The van der Waals surface area contributed by atoms with Crippen LogP contribution in [-0.2, 0) is 25.6 Å². The monoisotopic (exact) mass is 321 g/mol. The molecule has 0 aromatic heterocycles. The maximum Gasteiger partial charge on any atom is 0.306 e. The van der Waals surface area contributed by atoms with Crippen LogP contribution in [0.15, 0.2) is 30.3 Å². The Morgan fingerprint density at radius 2 is 2.00 bits per heavy atom. The van der Waals surface area contributed by atoms with Crippen LogP contribution < -0.4 is 0 Å². The van der Waals surface area contributed by atoms with E-state index >= 15 is 0 Å². The van der Waals surface area contributed by atoms with Crippen molar-refractivity contribution >= 4 is 5.97 Å². The molecule has 0 radical (unpaired) electrons. The van der Waals surface area contributed by atoms with Crippen molar-refractivity contribution in [3.63, 3.8) is 0 Å². The molecule has 0 bridgehead atoms. The number of benzene rings is 1. The van der Waals surface area contributed by atoms with Gasteiger partial charge < -0.3 is 14.2 Å². The second kappa shape index (κ2) is 10.4. The van der Waals surface area contributed by atoms with Crippen molar-refractivity contribution in [2.45, 2.75) is 32.5 Å². The molecule has 5 nitrogen and oxygen atoms in total. The molecular formula is C18H27NO4. The Morgan fingerprint density at radius 1 is 1.26 bits per heavy atom. The second-order valence-electron chi connectivity index (χ2n) is 5.78. The first-order chi connectivity index (χ1) is 11.3. The highest BCUT2D eigenvalue weighted by molar-refractivity contribution is 5.69. The molecule has 1 aromatic rings. The number of carbonyl (C=O) groups is 1. The molecule has 1 aliphatic heterocycles. The highest BCUT2D eigenvalue weighted by atomic mass is 16.6. The van der Waals surface area contributed by atoms with E-state index in [1.807, 2.05) is 37.3 Å². The van der Waals surface area contributed by atoms with E-state index in [0.29, 0.717) is 26.2 Å². The van der Waals surface area contributed by atoms with Gasteiger partial charge in [-0.15, -0.1) is 0 Å². The minimum Gasteiger partial charge on any atom is -0.459 e. The maximum absolute atomic E-state index is 11.8. The van der Waals surface area contributed by atoms with Gasteiger partial charge in [0.15, 0.2) is 0 Å². The van der Waals surface area contributed by atoms with Crippen LogP contribution in [0.5, 0.6) is 0 Å². The fraction of sp³-hybridized carbons (Fsp3) is 0.611. The summed E-state index contributed by atoms with van der Waals surface area (Å²) in [5, 5.41) is 0. The van der Waals surface area contributed by atoms with E-state index in [2.05, 4.69) is 4.90 Å². The van der Waals surface area contributed by atoms with Gasteiger partial charge in [-0.05, 0) is 12.0 Å². The Hall–Kier alpha value is -1.43. The summed E-state index contributed by atoms with van der Waals surface area (Å²) in [6, 6.07) is 10.0. The van der Waals surface area contributed by atoms with Crippen LogP contribution in [0.1, 0.15) is 25.3 Å². The summed E-state index contributed by atoms with van der Waals surface area (Å²) in [6.45, 7) is 6.85. The van der Waals surface area contributed by atoms with Crippen LogP contribution >= 0.6 is 0 Å². The van der Waals surface area contributed by atoms with Gasteiger partial charge in [0.25, 0.3) is 0 Å². The van der Waals surface area contributed by atoms with Crippen LogP contribution in [0, 0.1) is 0 Å². The predicted molar refractivity (Wildman–Crippen MR) is 88.1 cm³/mol. The normalized spacial score (nSPS) is 16.9. The van der Waals surface area contributed by atoms with Gasteiger partial charge in [-0.3, -0.25) is 9.69 Å². The number of ether oxygens (including phenoxy) is 3. The zero-order valence-corrected chi connectivity index (χ0v) is 13.9. The van der Waals surface area contributed by atoms with Crippen molar-refractivity contribution in [3.05, 3.63) is 35.9 Å². The van der Waals surface area contributed by atoms with Gasteiger partial charge in [0, 0.05) is 26.1 Å². The van der Waals surface area contributed by atoms with Crippen LogP contribution in [0.3, 0.4) is 0 Å². The molecule has 2 rings (SSSR count).